The minimum Gasteiger partial charge on any atom is -0.357 e. The highest BCUT2D eigenvalue weighted by Gasteiger charge is 2.16. The van der Waals surface area contributed by atoms with Crippen molar-refractivity contribution >= 4 is 5.95 Å². The van der Waals surface area contributed by atoms with Crippen LogP contribution in [0, 0.1) is 11.3 Å². The summed E-state index contributed by atoms with van der Waals surface area (Å²) in [6.07, 6.45) is 3.36. The molecule has 5 nitrogen and oxygen atoms in total. The molecule has 0 aliphatic rings. The zero-order chi connectivity index (χ0) is 15.4. The Morgan fingerprint density at radius 3 is 2.05 bits per heavy atom. The Morgan fingerprint density at radius 2 is 1.50 bits per heavy atom. The predicted molar refractivity (Wildman–Crippen MR) is 85.0 cm³/mol. The first-order valence-electron chi connectivity index (χ1n) is 6.79. The number of nitrogens with zero attached hydrogens (tertiary/aromatic N) is 4. The number of pyridine rings is 1. The standard InChI is InChI=1S/C17H13N5/c1-19-17-21-15(12-5-3-2-4-6-12)14(11-18)16(22-17)13-7-9-20-10-8-13/h2-10H,1H3,(H,19,21,22). The molecule has 0 saturated carbocycles. The van der Waals surface area contributed by atoms with Gasteiger partial charge < -0.3 is 5.32 Å². The normalized spacial score (nSPS) is 10.0. The van der Waals surface area contributed by atoms with Crippen molar-refractivity contribution in [2.45, 2.75) is 0 Å². The van der Waals surface area contributed by atoms with E-state index in [4.69, 9.17) is 0 Å². The summed E-state index contributed by atoms with van der Waals surface area (Å²) in [6, 6.07) is 15.5. The van der Waals surface area contributed by atoms with Crippen LogP contribution in [0.25, 0.3) is 22.5 Å². The van der Waals surface area contributed by atoms with Crippen molar-refractivity contribution in [2.75, 3.05) is 12.4 Å². The fraction of sp³-hybridized carbons (Fsp3) is 0.0588. The number of hydrogen-bond acceptors (Lipinski definition) is 5. The van der Waals surface area contributed by atoms with Crippen molar-refractivity contribution in [1.29, 1.82) is 5.26 Å². The van der Waals surface area contributed by atoms with E-state index in [0.717, 1.165) is 11.1 Å². The Labute approximate surface area is 128 Å². The van der Waals surface area contributed by atoms with Crippen molar-refractivity contribution in [3.63, 3.8) is 0 Å². The predicted octanol–water partition coefficient (Wildman–Crippen LogP) is 3.12. The number of rotatable bonds is 3. The molecule has 3 rings (SSSR count). The molecule has 1 N–H and O–H groups in total. The maximum atomic E-state index is 9.62. The van der Waals surface area contributed by atoms with Gasteiger partial charge in [0.2, 0.25) is 5.95 Å². The summed E-state index contributed by atoms with van der Waals surface area (Å²) < 4.78 is 0. The molecular formula is C17H13N5. The molecular weight excluding hydrogens is 274 g/mol. The molecule has 0 fully saturated rings. The summed E-state index contributed by atoms with van der Waals surface area (Å²) in [5.74, 6) is 0.477. The van der Waals surface area contributed by atoms with E-state index < -0.39 is 0 Å². The van der Waals surface area contributed by atoms with E-state index in [0.29, 0.717) is 22.9 Å². The molecule has 0 bridgehead atoms. The highest BCUT2D eigenvalue weighted by Crippen LogP contribution is 2.30. The van der Waals surface area contributed by atoms with Crippen LogP contribution < -0.4 is 5.32 Å². The molecule has 22 heavy (non-hydrogen) atoms. The Kier molecular flexibility index (Phi) is 3.75. The van der Waals surface area contributed by atoms with E-state index >= 15 is 0 Å². The van der Waals surface area contributed by atoms with Crippen LogP contribution >= 0.6 is 0 Å². The molecule has 0 saturated heterocycles. The number of nitrogens with one attached hydrogen (secondary N) is 1. The second-order valence-corrected chi connectivity index (χ2v) is 4.58. The number of hydrogen-bond donors (Lipinski definition) is 1. The second kappa shape index (κ2) is 6.02. The summed E-state index contributed by atoms with van der Waals surface area (Å²) in [5.41, 5.74) is 3.39. The van der Waals surface area contributed by atoms with Gasteiger partial charge in [0.25, 0.3) is 0 Å². The lowest BCUT2D eigenvalue weighted by molar-refractivity contribution is 1.14. The topological polar surface area (TPSA) is 74.5 Å². The van der Waals surface area contributed by atoms with Crippen LogP contribution in [0.15, 0.2) is 54.9 Å². The van der Waals surface area contributed by atoms with Gasteiger partial charge >= 0.3 is 0 Å². The molecule has 0 radical (unpaired) electrons. The van der Waals surface area contributed by atoms with Crippen LogP contribution in [0.4, 0.5) is 5.95 Å². The number of aromatic nitrogens is 3. The fourth-order valence-electron chi connectivity index (χ4n) is 2.20. The molecule has 0 aliphatic carbocycles. The number of anilines is 1. The van der Waals surface area contributed by atoms with Gasteiger partial charge in [-0.15, -0.1) is 0 Å². The SMILES string of the molecule is CNc1nc(-c2ccccc2)c(C#N)c(-c2ccncc2)n1. The van der Waals surface area contributed by atoms with Crippen molar-refractivity contribution < 1.29 is 0 Å². The average molecular weight is 287 g/mol. The molecule has 3 aromatic rings. The zero-order valence-corrected chi connectivity index (χ0v) is 12.0. The van der Waals surface area contributed by atoms with E-state index in [2.05, 4.69) is 26.3 Å². The highest BCUT2D eigenvalue weighted by molar-refractivity contribution is 5.78. The van der Waals surface area contributed by atoms with Gasteiger partial charge in [-0.25, -0.2) is 9.97 Å². The van der Waals surface area contributed by atoms with Crippen LogP contribution in [0.5, 0.6) is 0 Å². The summed E-state index contributed by atoms with van der Waals surface area (Å²) in [6.45, 7) is 0. The molecule has 0 atom stereocenters. The Morgan fingerprint density at radius 1 is 0.909 bits per heavy atom. The molecule has 0 amide bonds. The Balaban J connectivity index is 2.30. The van der Waals surface area contributed by atoms with E-state index in [1.54, 1.807) is 19.4 Å². The first-order valence-corrected chi connectivity index (χ1v) is 6.79. The van der Waals surface area contributed by atoms with Gasteiger partial charge in [0.05, 0.1) is 11.4 Å². The minimum atomic E-state index is 0.455. The van der Waals surface area contributed by atoms with E-state index in [9.17, 15) is 5.26 Å². The lowest BCUT2D eigenvalue weighted by Gasteiger charge is -2.11. The van der Waals surface area contributed by atoms with Crippen molar-refractivity contribution in [3.05, 3.63) is 60.4 Å². The first kappa shape index (κ1) is 13.7. The minimum absolute atomic E-state index is 0.455. The molecule has 0 aliphatic heterocycles. The number of benzene rings is 1. The van der Waals surface area contributed by atoms with Crippen molar-refractivity contribution in [3.8, 4) is 28.6 Å². The number of nitriles is 1. The molecule has 2 aromatic heterocycles. The third-order valence-corrected chi connectivity index (χ3v) is 3.25. The fourth-order valence-corrected chi connectivity index (χ4v) is 2.20. The van der Waals surface area contributed by atoms with Gasteiger partial charge in [-0.05, 0) is 12.1 Å². The molecule has 5 heteroatoms. The second-order valence-electron chi connectivity index (χ2n) is 4.58. The first-order chi connectivity index (χ1) is 10.8. The van der Waals surface area contributed by atoms with Crippen LogP contribution in [-0.4, -0.2) is 22.0 Å². The van der Waals surface area contributed by atoms with Gasteiger partial charge in [0, 0.05) is 30.6 Å². The zero-order valence-electron chi connectivity index (χ0n) is 12.0. The third-order valence-electron chi connectivity index (χ3n) is 3.25. The van der Waals surface area contributed by atoms with Crippen LogP contribution in [0.2, 0.25) is 0 Å². The largest absolute Gasteiger partial charge is 0.357 e. The third kappa shape index (κ3) is 2.50. The summed E-state index contributed by atoms with van der Waals surface area (Å²) in [7, 11) is 1.76. The maximum absolute atomic E-state index is 9.62. The monoisotopic (exact) mass is 287 g/mol. The highest BCUT2D eigenvalue weighted by atomic mass is 15.1. The molecule has 106 valence electrons. The lowest BCUT2D eigenvalue weighted by atomic mass is 10.0. The smallest absolute Gasteiger partial charge is 0.223 e. The van der Waals surface area contributed by atoms with Gasteiger partial charge in [0.1, 0.15) is 11.6 Å². The summed E-state index contributed by atoms with van der Waals surface area (Å²) in [4.78, 5) is 12.9. The van der Waals surface area contributed by atoms with Crippen LogP contribution in [0.1, 0.15) is 5.56 Å². The van der Waals surface area contributed by atoms with E-state index in [-0.39, 0.29) is 0 Å². The molecule has 0 unspecified atom stereocenters. The summed E-state index contributed by atoms with van der Waals surface area (Å²) >= 11 is 0. The van der Waals surface area contributed by atoms with Gasteiger partial charge in [-0.1, -0.05) is 30.3 Å². The van der Waals surface area contributed by atoms with Gasteiger partial charge in [-0.2, -0.15) is 5.26 Å². The quantitative estimate of drug-likeness (QED) is 0.801. The lowest BCUT2D eigenvalue weighted by Crippen LogP contribution is -2.03. The molecule has 1 aromatic carbocycles. The van der Waals surface area contributed by atoms with Crippen molar-refractivity contribution in [1.82, 2.24) is 15.0 Å². The Bertz CT molecular complexity index is 762. The van der Waals surface area contributed by atoms with E-state index in [1.807, 2.05) is 42.5 Å². The summed E-state index contributed by atoms with van der Waals surface area (Å²) in [5, 5.41) is 12.6. The molecule has 2 heterocycles. The van der Waals surface area contributed by atoms with Crippen molar-refractivity contribution in [2.24, 2.45) is 0 Å². The average Bonchev–Trinajstić information content (AvgIpc) is 2.62. The molecule has 0 spiro atoms. The van der Waals surface area contributed by atoms with Crippen LogP contribution in [0.3, 0.4) is 0 Å². The van der Waals surface area contributed by atoms with Gasteiger partial charge in [0.15, 0.2) is 0 Å². The van der Waals surface area contributed by atoms with Gasteiger partial charge in [-0.3, -0.25) is 4.98 Å². The van der Waals surface area contributed by atoms with Crippen LogP contribution in [-0.2, 0) is 0 Å². The van der Waals surface area contributed by atoms with E-state index in [1.165, 1.54) is 0 Å². The maximum Gasteiger partial charge on any atom is 0.223 e. The Hall–Kier alpha value is -3.26.